The van der Waals surface area contributed by atoms with Crippen LogP contribution >= 0.6 is 23.1 Å². The van der Waals surface area contributed by atoms with Crippen LogP contribution in [0.4, 0.5) is 5.00 Å². The molecule has 5 rings (SSSR count). The number of hydrogen-bond acceptors (Lipinski definition) is 8. The number of fused-ring (bicyclic) bond motifs is 1. The zero-order valence-corrected chi connectivity index (χ0v) is 25.9. The van der Waals surface area contributed by atoms with Crippen molar-refractivity contribution in [3.05, 3.63) is 64.5 Å². The number of hydrogen-bond donors (Lipinski definition) is 2. The first-order valence-electron chi connectivity index (χ1n) is 14.0. The Hall–Kier alpha value is -3.76. The summed E-state index contributed by atoms with van der Waals surface area (Å²) in [6.45, 7) is 1.84. The summed E-state index contributed by atoms with van der Waals surface area (Å²) in [7, 11) is 4.66. The molecular formula is C32H35N3O5S2. The number of carbonyl (C=O) groups is 2. The zero-order valence-electron chi connectivity index (χ0n) is 24.2. The summed E-state index contributed by atoms with van der Waals surface area (Å²) in [5.41, 5.74) is 5.00. The molecule has 2 heterocycles. The van der Waals surface area contributed by atoms with Gasteiger partial charge in [-0.15, -0.1) is 11.3 Å². The molecule has 1 unspecified atom stereocenters. The summed E-state index contributed by atoms with van der Waals surface area (Å²) in [6.07, 6.45) is 6.17. The number of amides is 1. The number of aryl methyl sites for hydroxylation is 1. The first-order valence-corrected chi connectivity index (χ1v) is 15.7. The van der Waals surface area contributed by atoms with E-state index < -0.39 is 11.2 Å². The minimum atomic E-state index is -0.487. The lowest BCUT2D eigenvalue weighted by molar-refractivity contribution is -0.115. The molecule has 10 heteroatoms. The van der Waals surface area contributed by atoms with Crippen molar-refractivity contribution in [1.29, 1.82) is 0 Å². The van der Waals surface area contributed by atoms with Gasteiger partial charge in [-0.25, -0.2) is 9.78 Å². The van der Waals surface area contributed by atoms with Crippen LogP contribution in [0.3, 0.4) is 0 Å². The van der Waals surface area contributed by atoms with Gasteiger partial charge in [0, 0.05) is 16.0 Å². The molecule has 0 saturated carbocycles. The Balaban J connectivity index is 1.41. The van der Waals surface area contributed by atoms with Crippen LogP contribution < -0.4 is 14.8 Å². The highest BCUT2D eigenvalue weighted by Crippen LogP contribution is 2.39. The number of anilines is 1. The van der Waals surface area contributed by atoms with Crippen molar-refractivity contribution < 1.29 is 23.8 Å². The topological polar surface area (TPSA) is 103 Å². The van der Waals surface area contributed by atoms with Gasteiger partial charge in [-0.2, -0.15) is 0 Å². The van der Waals surface area contributed by atoms with E-state index in [-0.39, 0.29) is 5.91 Å². The molecule has 0 radical (unpaired) electrons. The molecule has 4 aromatic rings. The van der Waals surface area contributed by atoms with Gasteiger partial charge in [0.2, 0.25) is 5.91 Å². The normalized spacial score (nSPS) is 13.8. The number of esters is 1. The van der Waals surface area contributed by atoms with E-state index in [1.807, 2.05) is 55.5 Å². The van der Waals surface area contributed by atoms with E-state index in [0.717, 1.165) is 71.7 Å². The summed E-state index contributed by atoms with van der Waals surface area (Å²) in [5, 5.41) is 3.74. The number of benzene rings is 2. The highest BCUT2D eigenvalue weighted by molar-refractivity contribution is 8.00. The Morgan fingerprint density at radius 2 is 1.52 bits per heavy atom. The molecule has 1 aliphatic rings. The third kappa shape index (κ3) is 6.50. The average Bonchev–Trinajstić information content (AvgIpc) is 3.57. The van der Waals surface area contributed by atoms with Crippen LogP contribution in [0.2, 0.25) is 0 Å². The van der Waals surface area contributed by atoms with Crippen molar-refractivity contribution in [2.24, 2.45) is 0 Å². The lowest BCUT2D eigenvalue weighted by atomic mass is 9.96. The van der Waals surface area contributed by atoms with Crippen molar-refractivity contribution >= 4 is 40.0 Å². The summed E-state index contributed by atoms with van der Waals surface area (Å²) < 4.78 is 15.8. The van der Waals surface area contributed by atoms with Crippen LogP contribution in [0.5, 0.6) is 11.5 Å². The smallest absolute Gasteiger partial charge is 0.341 e. The maximum absolute atomic E-state index is 13.5. The molecule has 2 aromatic carbocycles. The second-order valence-corrected chi connectivity index (χ2v) is 12.5. The minimum absolute atomic E-state index is 0.201. The van der Waals surface area contributed by atoms with Crippen LogP contribution in [-0.2, 0) is 22.4 Å². The lowest BCUT2D eigenvalue weighted by Crippen LogP contribution is -2.23. The Labute approximate surface area is 254 Å². The first kappa shape index (κ1) is 29.7. The van der Waals surface area contributed by atoms with Gasteiger partial charge >= 0.3 is 5.97 Å². The van der Waals surface area contributed by atoms with Crippen molar-refractivity contribution in [1.82, 2.24) is 9.97 Å². The predicted octanol–water partition coefficient (Wildman–Crippen LogP) is 7.39. The molecule has 1 aliphatic carbocycles. The van der Waals surface area contributed by atoms with Crippen LogP contribution in [0.15, 0.2) is 53.7 Å². The monoisotopic (exact) mass is 605 g/mol. The van der Waals surface area contributed by atoms with Gasteiger partial charge in [0.05, 0.1) is 43.5 Å². The van der Waals surface area contributed by atoms with E-state index in [2.05, 4.69) is 10.3 Å². The molecule has 1 atom stereocenters. The quantitative estimate of drug-likeness (QED) is 0.152. The van der Waals surface area contributed by atoms with Crippen molar-refractivity contribution in [2.45, 2.75) is 55.9 Å². The van der Waals surface area contributed by atoms with Crippen molar-refractivity contribution in [2.75, 3.05) is 26.6 Å². The van der Waals surface area contributed by atoms with Gasteiger partial charge in [0.15, 0.2) is 5.16 Å². The Morgan fingerprint density at radius 3 is 2.14 bits per heavy atom. The molecule has 0 bridgehead atoms. The predicted molar refractivity (Wildman–Crippen MR) is 168 cm³/mol. The van der Waals surface area contributed by atoms with E-state index in [1.165, 1.54) is 41.5 Å². The number of methoxy groups -OCH3 is 3. The molecule has 0 aliphatic heterocycles. The number of nitrogens with zero attached hydrogens (tertiary/aromatic N) is 1. The molecule has 0 fully saturated rings. The Bertz CT molecular complexity index is 1480. The summed E-state index contributed by atoms with van der Waals surface area (Å²) in [4.78, 5) is 35.8. The molecule has 2 N–H and O–H groups in total. The number of aromatic nitrogens is 2. The number of nitrogens with one attached hydrogen (secondary N) is 2. The van der Waals surface area contributed by atoms with Crippen LogP contribution in [-0.4, -0.2) is 48.4 Å². The van der Waals surface area contributed by atoms with Crippen molar-refractivity contribution in [3.63, 3.8) is 0 Å². The highest BCUT2D eigenvalue weighted by atomic mass is 32.2. The molecule has 42 heavy (non-hydrogen) atoms. The molecule has 0 spiro atoms. The number of H-pyrrole nitrogens is 1. The third-order valence-corrected chi connectivity index (χ3v) is 9.57. The van der Waals surface area contributed by atoms with Crippen LogP contribution in [0.25, 0.3) is 22.5 Å². The fourth-order valence-corrected chi connectivity index (χ4v) is 7.18. The minimum Gasteiger partial charge on any atom is -0.497 e. The van der Waals surface area contributed by atoms with E-state index in [1.54, 1.807) is 14.2 Å². The number of imidazole rings is 1. The summed E-state index contributed by atoms with van der Waals surface area (Å²) in [5.74, 6) is 0.917. The van der Waals surface area contributed by atoms with Crippen molar-refractivity contribution in [3.8, 4) is 34.0 Å². The second-order valence-electron chi connectivity index (χ2n) is 10.1. The molecule has 8 nitrogen and oxygen atoms in total. The Morgan fingerprint density at radius 1 is 0.905 bits per heavy atom. The van der Waals surface area contributed by atoms with Crippen LogP contribution in [0, 0.1) is 0 Å². The van der Waals surface area contributed by atoms with Gasteiger partial charge in [-0.3, -0.25) is 4.79 Å². The maximum Gasteiger partial charge on any atom is 0.341 e. The first-order chi connectivity index (χ1) is 20.4. The van der Waals surface area contributed by atoms with Gasteiger partial charge in [-0.1, -0.05) is 24.6 Å². The average molecular weight is 606 g/mol. The Kier molecular flexibility index (Phi) is 9.54. The lowest BCUT2D eigenvalue weighted by Gasteiger charge is -2.12. The summed E-state index contributed by atoms with van der Waals surface area (Å²) in [6, 6.07) is 15.5. The third-order valence-electron chi connectivity index (χ3n) is 7.38. The number of rotatable bonds is 9. The van der Waals surface area contributed by atoms with E-state index in [4.69, 9.17) is 19.2 Å². The number of carbonyl (C=O) groups excluding carboxylic acids is 2. The van der Waals surface area contributed by atoms with E-state index in [0.29, 0.717) is 15.7 Å². The maximum atomic E-state index is 13.5. The SMILES string of the molecule is COC(=O)c1c(NC(=O)C(C)Sc2nc(-c3ccc(OC)cc3)c(-c3ccc(OC)cc3)[nH]2)sc2c1CCCCCC2. The van der Waals surface area contributed by atoms with E-state index in [9.17, 15) is 9.59 Å². The molecule has 220 valence electrons. The number of thioether (sulfide) groups is 1. The number of aromatic amines is 1. The van der Waals surface area contributed by atoms with Crippen LogP contribution in [0.1, 0.15) is 53.4 Å². The van der Waals surface area contributed by atoms with Gasteiger partial charge < -0.3 is 24.5 Å². The fraction of sp³-hybridized carbons (Fsp3) is 0.344. The molecule has 0 saturated heterocycles. The number of thiophene rings is 1. The van der Waals surface area contributed by atoms with Gasteiger partial charge in [-0.05, 0) is 86.7 Å². The summed E-state index contributed by atoms with van der Waals surface area (Å²) >= 11 is 2.83. The highest BCUT2D eigenvalue weighted by Gasteiger charge is 2.28. The standard InChI is InChI=1S/C32H35N3O5S2/c1-19(29(36)35-30-26(31(37)40-4)24-9-7-5-6-8-10-25(24)42-30)41-32-33-27(20-11-15-22(38-2)16-12-20)28(34-32)21-13-17-23(39-3)18-14-21/h11-19H,5-10H2,1-4H3,(H,33,34)(H,35,36). The van der Waals surface area contributed by atoms with E-state index >= 15 is 0 Å². The van der Waals surface area contributed by atoms with Gasteiger partial charge in [0.25, 0.3) is 0 Å². The second kappa shape index (κ2) is 13.5. The largest absolute Gasteiger partial charge is 0.497 e. The van der Waals surface area contributed by atoms with Gasteiger partial charge in [0.1, 0.15) is 16.5 Å². The molecule has 2 aromatic heterocycles. The molecular weight excluding hydrogens is 571 g/mol. The number of ether oxygens (including phenoxy) is 3. The molecule has 1 amide bonds. The zero-order chi connectivity index (χ0) is 29.6. The fourth-order valence-electron chi connectivity index (χ4n) is 5.09.